The molecule has 1 aliphatic rings. The molecule has 2 atom stereocenters. The molecule has 2 aromatic carbocycles. The number of ketones is 1. The minimum atomic E-state index is -0.926. The maximum atomic E-state index is 14.0. The fourth-order valence-corrected chi connectivity index (χ4v) is 4.56. The molecule has 0 radical (unpaired) electrons. The van der Waals surface area contributed by atoms with Crippen LogP contribution in [0.5, 0.6) is 0 Å². The van der Waals surface area contributed by atoms with E-state index < -0.39 is 17.7 Å². The van der Waals surface area contributed by atoms with Crippen LogP contribution in [0.1, 0.15) is 34.5 Å². The third kappa shape index (κ3) is 5.44. The molecule has 1 aromatic heterocycles. The van der Waals surface area contributed by atoms with Crippen LogP contribution in [0.4, 0.5) is 19.4 Å². The summed E-state index contributed by atoms with van der Waals surface area (Å²) < 4.78 is 34.2. The van der Waals surface area contributed by atoms with E-state index in [1.807, 2.05) is 30.3 Å². The van der Waals surface area contributed by atoms with E-state index in [9.17, 15) is 18.4 Å². The number of carbonyl (C=O) groups is 2. The number of para-hydroxylation sites is 1. The number of anilines is 1. The number of aromatic nitrogens is 2. The molecule has 0 saturated carbocycles. The number of hydrogen-bond donors (Lipinski definition) is 2. The smallest absolute Gasteiger partial charge is 0.320 e. The summed E-state index contributed by atoms with van der Waals surface area (Å²) in [5.74, 6) is -1.93. The minimum absolute atomic E-state index is 0.214. The number of nitrogens with one attached hydrogen (secondary N) is 2. The van der Waals surface area contributed by atoms with Gasteiger partial charge in [-0.1, -0.05) is 24.3 Å². The highest BCUT2D eigenvalue weighted by Crippen LogP contribution is 2.29. The Kier molecular flexibility index (Phi) is 7.76. The summed E-state index contributed by atoms with van der Waals surface area (Å²) in [5, 5.41) is 10.3. The first-order valence-electron chi connectivity index (χ1n) is 11.7. The van der Waals surface area contributed by atoms with Crippen molar-refractivity contribution in [2.75, 3.05) is 38.7 Å². The molecule has 10 heteroatoms. The number of likely N-dealkylation sites (tertiary alicyclic amines) is 1. The van der Waals surface area contributed by atoms with Gasteiger partial charge in [-0.2, -0.15) is 5.10 Å². The molecule has 1 saturated heterocycles. The molecular formula is C26H29F2N5O3. The number of ether oxygens (including phenoxy) is 1. The molecule has 0 bridgehead atoms. The van der Waals surface area contributed by atoms with Crippen molar-refractivity contribution in [1.29, 1.82) is 0 Å². The Morgan fingerprint density at radius 2 is 1.86 bits per heavy atom. The van der Waals surface area contributed by atoms with Crippen molar-refractivity contribution in [3.63, 3.8) is 0 Å². The average molecular weight is 498 g/mol. The van der Waals surface area contributed by atoms with Gasteiger partial charge in [-0.3, -0.25) is 15.0 Å². The molecule has 0 unspecified atom stereocenters. The molecule has 4 rings (SSSR count). The predicted molar refractivity (Wildman–Crippen MR) is 132 cm³/mol. The molecule has 2 N–H and O–H groups in total. The Morgan fingerprint density at radius 1 is 1.11 bits per heavy atom. The van der Waals surface area contributed by atoms with Crippen molar-refractivity contribution in [2.24, 2.45) is 0 Å². The highest BCUT2D eigenvalue weighted by Gasteiger charge is 2.35. The monoisotopic (exact) mass is 497 g/mol. The molecule has 1 fully saturated rings. The summed E-state index contributed by atoms with van der Waals surface area (Å²) >= 11 is 0. The van der Waals surface area contributed by atoms with Crippen molar-refractivity contribution < 1.29 is 23.1 Å². The zero-order chi connectivity index (χ0) is 25.8. The quantitative estimate of drug-likeness (QED) is 0.461. The van der Waals surface area contributed by atoms with Crippen LogP contribution in [0.3, 0.4) is 0 Å². The van der Waals surface area contributed by atoms with Crippen molar-refractivity contribution >= 4 is 17.6 Å². The van der Waals surface area contributed by atoms with E-state index in [2.05, 4.69) is 20.6 Å². The summed E-state index contributed by atoms with van der Waals surface area (Å²) in [6.07, 6.45) is 0. The Balaban J connectivity index is 1.58. The number of methoxy groups -OCH3 is 1. The molecule has 3 aromatic rings. The van der Waals surface area contributed by atoms with E-state index in [4.69, 9.17) is 4.74 Å². The van der Waals surface area contributed by atoms with Gasteiger partial charge in [0, 0.05) is 45.1 Å². The third-order valence-electron chi connectivity index (χ3n) is 6.38. The number of hydrogen-bond acceptors (Lipinski definition) is 5. The van der Waals surface area contributed by atoms with Gasteiger partial charge in [0.25, 0.3) is 0 Å². The Labute approximate surface area is 208 Å². The first kappa shape index (κ1) is 25.5. The van der Waals surface area contributed by atoms with E-state index in [0.29, 0.717) is 48.9 Å². The zero-order valence-corrected chi connectivity index (χ0v) is 20.4. The second-order valence-electron chi connectivity index (χ2n) is 8.86. The standard InChI is InChI=1S/C26H29F2N5O3/c1-16-24(17(2)34)31-33(19-7-5-4-6-8-19)25(16)30-26(35)29-23-15-32(11-12-36-3)14-20(23)18-9-10-21(27)22(28)13-18/h4-10,13,20,23H,11-12,14-15H2,1-3H3,(H2,29,30,35)/t20-,23+/m0/s1. The van der Waals surface area contributed by atoms with Gasteiger partial charge in [-0.25, -0.2) is 18.3 Å². The van der Waals surface area contributed by atoms with Gasteiger partial charge in [0.15, 0.2) is 17.4 Å². The number of urea groups is 1. The molecule has 2 heterocycles. The number of Topliss-reactive ketones (excluding diaryl/α,β-unsaturated/α-hetero) is 1. The van der Waals surface area contributed by atoms with E-state index >= 15 is 0 Å². The topological polar surface area (TPSA) is 88.5 Å². The number of nitrogens with zero attached hydrogens (tertiary/aromatic N) is 3. The molecule has 0 aliphatic carbocycles. The van der Waals surface area contributed by atoms with Crippen LogP contribution in [-0.2, 0) is 4.74 Å². The number of benzene rings is 2. The van der Waals surface area contributed by atoms with Crippen LogP contribution in [0.15, 0.2) is 48.5 Å². The lowest BCUT2D eigenvalue weighted by Gasteiger charge is -2.21. The van der Waals surface area contributed by atoms with Gasteiger partial charge >= 0.3 is 6.03 Å². The summed E-state index contributed by atoms with van der Waals surface area (Å²) in [6.45, 7) is 5.36. The highest BCUT2D eigenvalue weighted by atomic mass is 19.2. The van der Waals surface area contributed by atoms with Gasteiger partial charge in [0.1, 0.15) is 11.5 Å². The third-order valence-corrected chi connectivity index (χ3v) is 6.38. The van der Waals surface area contributed by atoms with Gasteiger partial charge < -0.3 is 10.1 Å². The lowest BCUT2D eigenvalue weighted by atomic mass is 9.94. The summed E-state index contributed by atoms with van der Waals surface area (Å²) in [6, 6.07) is 12.1. The van der Waals surface area contributed by atoms with Crippen LogP contribution in [-0.4, -0.2) is 65.9 Å². The Morgan fingerprint density at radius 3 is 2.53 bits per heavy atom. The summed E-state index contributed by atoms with van der Waals surface area (Å²) in [5.41, 5.74) is 2.10. The fraction of sp³-hybridized carbons (Fsp3) is 0.346. The largest absolute Gasteiger partial charge is 0.383 e. The normalized spacial score (nSPS) is 17.8. The Bertz CT molecular complexity index is 1250. The molecule has 2 amide bonds. The van der Waals surface area contributed by atoms with Crippen molar-refractivity contribution in [3.8, 4) is 5.69 Å². The molecule has 0 spiro atoms. The van der Waals surface area contributed by atoms with Crippen LogP contribution >= 0.6 is 0 Å². The van der Waals surface area contributed by atoms with Gasteiger partial charge in [-0.05, 0) is 36.8 Å². The number of carbonyl (C=O) groups excluding carboxylic acids is 2. The predicted octanol–water partition coefficient (Wildman–Crippen LogP) is 3.90. The summed E-state index contributed by atoms with van der Waals surface area (Å²) in [7, 11) is 1.61. The van der Waals surface area contributed by atoms with Crippen LogP contribution in [0.2, 0.25) is 0 Å². The summed E-state index contributed by atoms with van der Waals surface area (Å²) in [4.78, 5) is 27.4. The zero-order valence-electron chi connectivity index (χ0n) is 20.4. The van der Waals surface area contributed by atoms with E-state index in [-0.39, 0.29) is 23.4 Å². The second kappa shape index (κ2) is 11.0. The van der Waals surface area contributed by atoms with E-state index in [1.54, 1.807) is 20.1 Å². The number of halogens is 2. The molecular weight excluding hydrogens is 468 g/mol. The average Bonchev–Trinajstić information content (AvgIpc) is 3.41. The molecule has 190 valence electrons. The van der Waals surface area contributed by atoms with Crippen molar-refractivity contribution in [2.45, 2.75) is 25.8 Å². The van der Waals surface area contributed by atoms with Crippen molar-refractivity contribution in [3.05, 3.63) is 77.0 Å². The minimum Gasteiger partial charge on any atom is -0.383 e. The van der Waals surface area contributed by atoms with Gasteiger partial charge in [-0.15, -0.1) is 0 Å². The second-order valence-corrected chi connectivity index (χ2v) is 8.86. The SMILES string of the molecule is COCCN1C[C@@H](NC(=O)Nc2c(C)c(C(C)=O)nn2-c2ccccc2)[C@H](c2ccc(F)c(F)c2)C1. The van der Waals surface area contributed by atoms with Gasteiger partial charge in [0.2, 0.25) is 0 Å². The van der Waals surface area contributed by atoms with Crippen LogP contribution < -0.4 is 10.6 Å². The van der Waals surface area contributed by atoms with E-state index in [1.165, 1.54) is 17.7 Å². The fourth-order valence-electron chi connectivity index (χ4n) is 4.56. The first-order valence-corrected chi connectivity index (χ1v) is 11.7. The maximum absolute atomic E-state index is 14.0. The number of rotatable bonds is 8. The first-order chi connectivity index (χ1) is 17.3. The lowest BCUT2D eigenvalue weighted by Crippen LogP contribution is -2.42. The van der Waals surface area contributed by atoms with Gasteiger partial charge in [0.05, 0.1) is 18.3 Å². The van der Waals surface area contributed by atoms with Crippen LogP contribution in [0, 0.1) is 18.6 Å². The molecule has 36 heavy (non-hydrogen) atoms. The Hall–Kier alpha value is -3.63. The molecule has 1 aliphatic heterocycles. The van der Waals surface area contributed by atoms with Crippen molar-refractivity contribution in [1.82, 2.24) is 20.0 Å². The molecule has 8 nitrogen and oxygen atoms in total. The van der Waals surface area contributed by atoms with E-state index in [0.717, 1.165) is 6.07 Å². The number of amides is 2. The highest BCUT2D eigenvalue weighted by molar-refractivity contribution is 5.97. The van der Waals surface area contributed by atoms with Crippen LogP contribution in [0.25, 0.3) is 5.69 Å². The lowest BCUT2D eigenvalue weighted by molar-refractivity contribution is 0.101. The maximum Gasteiger partial charge on any atom is 0.320 e.